The maximum Gasteiger partial charge on any atom is 0.0280 e. The van der Waals surface area contributed by atoms with Gasteiger partial charge in [-0.3, -0.25) is 0 Å². The van der Waals surface area contributed by atoms with Crippen molar-refractivity contribution in [2.45, 2.75) is 6.42 Å². The topological polar surface area (TPSA) is 41.5 Å². The molecule has 60 valence electrons. The molecule has 1 rings (SSSR count). The van der Waals surface area contributed by atoms with Crippen molar-refractivity contribution in [3.05, 3.63) is 35.9 Å². The normalized spacial score (nSPS) is 9.91. The van der Waals surface area contributed by atoms with E-state index < -0.39 is 0 Å². The Hall–Kier alpha value is -0.900. The SMILES string of the molecule is OONCCc1ccccc1. The Balaban J connectivity index is 2.28. The molecule has 0 unspecified atom stereocenters. The van der Waals surface area contributed by atoms with Crippen LogP contribution in [-0.2, 0) is 11.4 Å². The molecule has 3 heteroatoms. The smallest absolute Gasteiger partial charge is 0.0280 e. The Labute approximate surface area is 65.5 Å². The van der Waals surface area contributed by atoms with E-state index in [4.69, 9.17) is 5.26 Å². The molecule has 0 fully saturated rings. The summed E-state index contributed by atoms with van der Waals surface area (Å²) in [6, 6.07) is 9.99. The molecule has 0 aliphatic rings. The minimum Gasteiger partial charge on any atom is -0.233 e. The lowest BCUT2D eigenvalue weighted by molar-refractivity contribution is -0.291. The van der Waals surface area contributed by atoms with Crippen LogP contribution in [0.15, 0.2) is 30.3 Å². The first-order valence-electron chi connectivity index (χ1n) is 3.50. The van der Waals surface area contributed by atoms with Gasteiger partial charge in [0.05, 0.1) is 0 Å². The molecular weight excluding hydrogens is 142 g/mol. The lowest BCUT2D eigenvalue weighted by Crippen LogP contribution is -2.15. The molecule has 11 heavy (non-hydrogen) atoms. The van der Waals surface area contributed by atoms with E-state index in [1.54, 1.807) is 0 Å². The molecule has 0 atom stereocenters. The van der Waals surface area contributed by atoms with Gasteiger partial charge in [0.25, 0.3) is 0 Å². The molecule has 0 aliphatic carbocycles. The molecule has 0 saturated carbocycles. The van der Waals surface area contributed by atoms with E-state index in [9.17, 15) is 0 Å². The fourth-order valence-electron chi connectivity index (χ4n) is 0.886. The zero-order valence-electron chi connectivity index (χ0n) is 6.16. The average Bonchev–Trinajstić information content (AvgIpc) is 2.07. The zero-order valence-corrected chi connectivity index (χ0v) is 6.16. The fourth-order valence-corrected chi connectivity index (χ4v) is 0.886. The summed E-state index contributed by atoms with van der Waals surface area (Å²) in [7, 11) is 0. The monoisotopic (exact) mass is 153 g/mol. The third-order valence-electron chi connectivity index (χ3n) is 1.42. The zero-order chi connectivity index (χ0) is 7.94. The second-order valence-corrected chi connectivity index (χ2v) is 2.22. The molecular formula is C8H11NO2. The van der Waals surface area contributed by atoms with Gasteiger partial charge in [-0.2, -0.15) is 5.48 Å². The van der Waals surface area contributed by atoms with Gasteiger partial charge < -0.3 is 0 Å². The first-order valence-corrected chi connectivity index (χ1v) is 3.50. The van der Waals surface area contributed by atoms with E-state index in [-0.39, 0.29) is 0 Å². The minimum absolute atomic E-state index is 0.612. The summed E-state index contributed by atoms with van der Waals surface area (Å²) < 4.78 is 0. The molecule has 0 bridgehead atoms. The molecule has 3 nitrogen and oxygen atoms in total. The van der Waals surface area contributed by atoms with E-state index in [2.05, 4.69) is 10.5 Å². The predicted octanol–water partition coefficient (Wildman–Crippen LogP) is 1.22. The van der Waals surface area contributed by atoms with Crippen molar-refractivity contribution in [2.24, 2.45) is 0 Å². The summed E-state index contributed by atoms with van der Waals surface area (Å²) >= 11 is 0. The molecule has 0 aromatic heterocycles. The minimum atomic E-state index is 0.612. The Morgan fingerprint density at radius 3 is 2.64 bits per heavy atom. The van der Waals surface area contributed by atoms with E-state index in [0.717, 1.165) is 6.42 Å². The number of nitrogens with one attached hydrogen (secondary N) is 1. The maximum absolute atomic E-state index is 7.93. The molecule has 0 radical (unpaired) electrons. The number of hydrogen-bond donors (Lipinski definition) is 2. The van der Waals surface area contributed by atoms with Crippen LogP contribution in [0.5, 0.6) is 0 Å². The van der Waals surface area contributed by atoms with E-state index >= 15 is 0 Å². The van der Waals surface area contributed by atoms with Crippen LogP contribution < -0.4 is 5.48 Å². The molecule has 1 aromatic rings. The third kappa shape index (κ3) is 3.13. The molecule has 2 N–H and O–H groups in total. The van der Waals surface area contributed by atoms with Gasteiger partial charge in [0, 0.05) is 6.54 Å². The van der Waals surface area contributed by atoms with Crippen molar-refractivity contribution in [1.82, 2.24) is 5.48 Å². The average molecular weight is 153 g/mol. The van der Waals surface area contributed by atoms with Crippen LogP contribution in [0.25, 0.3) is 0 Å². The van der Waals surface area contributed by atoms with Crippen molar-refractivity contribution in [1.29, 1.82) is 0 Å². The predicted molar refractivity (Wildman–Crippen MR) is 41.9 cm³/mol. The van der Waals surface area contributed by atoms with Gasteiger partial charge in [-0.15, -0.1) is 4.99 Å². The second-order valence-electron chi connectivity index (χ2n) is 2.22. The van der Waals surface area contributed by atoms with Crippen LogP contribution in [0, 0.1) is 0 Å². The van der Waals surface area contributed by atoms with Crippen molar-refractivity contribution < 1.29 is 10.2 Å². The van der Waals surface area contributed by atoms with Gasteiger partial charge in [0.15, 0.2) is 0 Å². The lowest BCUT2D eigenvalue weighted by Gasteiger charge is -1.99. The number of hydroxylamine groups is 1. The number of rotatable bonds is 4. The van der Waals surface area contributed by atoms with Crippen LogP contribution in [0.4, 0.5) is 0 Å². The molecule has 1 aromatic carbocycles. The number of hydrogen-bond acceptors (Lipinski definition) is 3. The fraction of sp³-hybridized carbons (Fsp3) is 0.250. The maximum atomic E-state index is 7.93. The standard InChI is InChI=1S/C8H11NO2/c10-11-9-7-6-8-4-2-1-3-5-8/h1-5,9-10H,6-7H2. The van der Waals surface area contributed by atoms with Gasteiger partial charge in [0.2, 0.25) is 0 Å². The highest BCUT2D eigenvalue weighted by Gasteiger charge is 1.89. The van der Waals surface area contributed by atoms with Gasteiger partial charge in [-0.25, -0.2) is 5.26 Å². The van der Waals surface area contributed by atoms with Gasteiger partial charge in [-0.05, 0) is 12.0 Å². The molecule has 0 aliphatic heterocycles. The van der Waals surface area contributed by atoms with Gasteiger partial charge in [-0.1, -0.05) is 30.3 Å². The van der Waals surface area contributed by atoms with Crippen molar-refractivity contribution in [3.8, 4) is 0 Å². The van der Waals surface area contributed by atoms with Crippen LogP contribution in [-0.4, -0.2) is 11.8 Å². The van der Waals surface area contributed by atoms with Gasteiger partial charge in [0.1, 0.15) is 0 Å². The highest BCUT2D eigenvalue weighted by molar-refractivity contribution is 5.14. The molecule has 0 amide bonds. The Morgan fingerprint density at radius 1 is 1.27 bits per heavy atom. The lowest BCUT2D eigenvalue weighted by atomic mass is 10.2. The van der Waals surface area contributed by atoms with E-state index in [1.165, 1.54) is 5.56 Å². The van der Waals surface area contributed by atoms with Crippen LogP contribution in [0.3, 0.4) is 0 Å². The number of benzene rings is 1. The largest absolute Gasteiger partial charge is 0.233 e. The third-order valence-corrected chi connectivity index (χ3v) is 1.42. The Bertz CT molecular complexity index is 189. The summed E-state index contributed by atoms with van der Waals surface area (Å²) in [4.78, 5) is 3.71. The molecule has 0 heterocycles. The summed E-state index contributed by atoms with van der Waals surface area (Å²) in [5, 5.41) is 7.93. The Kier molecular flexibility index (Phi) is 3.61. The van der Waals surface area contributed by atoms with Crippen LogP contribution in [0.1, 0.15) is 5.56 Å². The van der Waals surface area contributed by atoms with Crippen molar-refractivity contribution in [2.75, 3.05) is 6.54 Å². The Morgan fingerprint density at radius 2 is 2.00 bits per heavy atom. The first-order chi connectivity index (χ1) is 5.43. The highest BCUT2D eigenvalue weighted by atomic mass is 17.2. The second kappa shape index (κ2) is 4.85. The summed E-state index contributed by atoms with van der Waals surface area (Å²) in [5.41, 5.74) is 3.57. The van der Waals surface area contributed by atoms with E-state index in [1.807, 2.05) is 30.3 Å². The van der Waals surface area contributed by atoms with Crippen LogP contribution in [0.2, 0.25) is 0 Å². The van der Waals surface area contributed by atoms with Crippen LogP contribution >= 0.6 is 0 Å². The quantitative estimate of drug-likeness (QED) is 0.388. The summed E-state index contributed by atoms with van der Waals surface area (Å²) in [6.45, 7) is 0.612. The summed E-state index contributed by atoms with van der Waals surface area (Å²) in [5.74, 6) is 0. The van der Waals surface area contributed by atoms with Crippen molar-refractivity contribution in [3.63, 3.8) is 0 Å². The van der Waals surface area contributed by atoms with Crippen molar-refractivity contribution >= 4 is 0 Å². The van der Waals surface area contributed by atoms with E-state index in [0.29, 0.717) is 6.54 Å². The molecule has 0 saturated heterocycles. The molecule has 0 spiro atoms. The van der Waals surface area contributed by atoms with Gasteiger partial charge >= 0.3 is 0 Å². The summed E-state index contributed by atoms with van der Waals surface area (Å²) in [6.07, 6.45) is 0.849. The first kappa shape index (κ1) is 8.20. The highest BCUT2D eigenvalue weighted by Crippen LogP contribution is 1.97.